The molecule has 0 saturated heterocycles. The van der Waals surface area contributed by atoms with Crippen LogP contribution in [0, 0.1) is 12.7 Å². The fourth-order valence-electron chi connectivity index (χ4n) is 3.75. The van der Waals surface area contributed by atoms with Crippen molar-refractivity contribution in [2.75, 3.05) is 7.11 Å². The molecule has 0 aliphatic heterocycles. The van der Waals surface area contributed by atoms with Crippen molar-refractivity contribution in [3.8, 4) is 11.3 Å². The molecule has 3 aromatic rings. The van der Waals surface area contributed by atoms with Gasteiger partial charge in [0.25, 0.3) is 0 Å². The lowest BCUT2D eigenvalue weighted by Gasteiger charge is -2.14. The van der Waals surface area contributed by atoms with Gasteiger partial charge in [0.15, 0.2) is 0 Å². The lowest BCUT2D eigenvalue weighted by atomic mass is 10.1. The third-order valence-electron chi connectivity index (χ3n) is 5.49. The molecule has 0 fully saturated rings. The van der Waals surface area contributed by atoms with Gasteiger partial charge in [-0.25, -0.2) is 12.8 Å². The number of aliphatic hydroxyl groups excluding tert-OH is 2. The molecule has 2 atom stereocenters. The Morgan fingerprint density at radius 3 is 2.33 bits per heavy atom. The van der Waals surface area contributed by atoms with Crippen molar-refractivity contribution in [1.29, 1.82) is 0 Å². The van der Waals surface area contributed by atoms with E-state index in [4.69, 9.17) is 9.84 Å². The van der Waals surface area contributed by atoms with Crippen LogP contribution in [-0.4, -0.2) is 53.6 Å². The molecule has 0 bridgehead atoms. The largest absolute Gasteiger partial charge is 0.481 e. The summed E-state index contributed by atoms with van der Waals surface area (Å²) in [5.74, 6) is -1.69. The quantitative estimate of drug-likeness (QED) is 0.355. The second kappa shape index (κ2) is 11.6. The number of rotatable bonds is 11. The third-order valence-corrected chi connectivity index (χ3v) is 7.28. The van der Waals surface area contributed by atoms with Crippen molar-refractivity contribution >= 4 is 22.0 Å². The van der Waals surface area contributed by atoms with Gasteiger partial charge in [0.05, 0.1) is 40.7 Å². The van der Waals surface area contributed by atoms with Gasteiger partial charge in [-0.15, -0.1) is 0 Å². The van der Waals surface area contributed by atoms with Crippen molar-refractivity contribution in [3.63, 3.8) is 0 Å². The van der Waals surface area contributed by atoms with E-state index in [1.165, 1.54) is 66.4 Å². The van der Waals surface area contributed by atoms with E-state index in [0.29, 0.717) is 11.3 Å². The van der Waals surface area contributed by atoms with Gasteiger partial charge in [0.2, 0.25) is 9.84 Å². The van der Waals surface area contributed by atoms with Gasteiger partial charge >= 0.3 is 5.97 Å². The van der Waals surface area contributed by atoms with Crippen LogP contribution in [0.2, 0.25) is 0 Å². The number of hydrogen-bond donors (Lipinski definition) is 3. The van der Waals surface area contributed by atoms with Gasteiger partial charge in [-0.2, -0.15) is 0 Å². The van der Waals surface area contributed by atoms with Crippen LogP contribution in [0.3, 0.4) is 0 Å². The van der Waals surface area contributed by atoms with E-state index in [1.807, 2.05) is 6.92 Å². The molecule has 0 amide bonds. The van der Waals surface area contributed by atoms with Crippen LogP contribution in [0.5, 0.6) is 0 Å². The molecule has 10 heteroatoms. The minimum absolute atomic E-state index is 0.0275. The summed E-state index contributed by atoms with van der Waals surface area (Å²) < 4.78 is 47.8. The molecule has 3 N–H and O–H groups in total. The highest BCUT2D eigenvalue weighted by Gasteiger charge is 2.27. The summed E-state index contributed by atoms with van der Waals surface area (Å²) in [6, 6.07) is 13.2. The number of methoxy groups -OCH3 is 1. The molecule has 0 saturated carbocycles. The average molecular weight is 518 g/mol. The van der Waals surface area contributed by atoms with E-state index in [0.717, 1.165) is 5.56 Å². The average Bonchev–Trinajstić information content (AvgIpc) is 3.17. The minimum Gasteiger partial charge on any atom is -0.481 e. The molecule has 0 aliphatic carbocycles. The lowest BCUT2D eigenvalue weighted by Crippen LogP contribution is -2.19. The number of aliphatic carboxylic acids is 1. The predicted molar refractivity (Wildman–Crippen MR) is 131 cm³/mol. The summed E-state index contributed by atoms with van der Waals surface area (Å²) in [5.41, 5.74) is 1.98. The molecule has 0 aliphatic rings. The molecule has 1 aromatic heterocycles. The number of benzene rings is 2. The fraction of sp³-hybridized carbons (Fsp3) is 0.269. The number of aryl methyl sites for hydroxylation is 1. The monoisotopic (exact) mass is 517 g/mol. The Hall–Kier alpha value is -3.31. The van der Waals surface area contributed by atoms with Gasteiger partial charge < -0.3 is 24.6 Å². The van der Waals surface area contributed by atoms with Crippen molar-refractivity contribution in [2.24, 2.45) is 0 Å². The number of aliphatic hydroxyl groups is 2. The Morgan fingerprint density at radius 2 is 1.75 bits per heavy atom. The molecule has 0 spiro atoms. The van der Waals surface area contributed by atoms with Crippen LogP contribution in [0.15, 0.2) is 70.5 Å². The normalized spacial score (nSPS) is 13.7. The van der Waals surface area contributed by atoms with Crippen LogP contribution in [0.4, 0.5) is 4.39 Å². The van der Waals surface area contributed by atoms with Gasteiger partial charge in [0.1, 0.15) is 5.82 Å². The summed E-state index contributed by atoms with van der Waals surface area (Å²) in [5, 5.41) is 29.0. The van der Waals surface area contributed by atoms with Gasteiger partial charge in [-0.05, 0) is 55.5 Å². The van der Waals surface area contributed by atoms with Crippen LogP contribution >= 0.6 is 0 Å². The zero-order valence-corrected chi connectivity index (χ0v) is 20.7. The fourth-order valence-corrected chi connectivity index (χ4v) is 5.26. The van der Waals surface area contributed by atoms with Crippen molar-refractivity contribution in [1.82, 2.24) is 4.57 Å². The Kier molecular flexibility index (Phi) is 8.80. The Balaban J connectivity index is 2.15. The molecule has 8 nitrogen and oxygen atoms in total. The first-order valence-electron chi connectivity index (χ1n) is 11.1. The number of carboxylic acids is 1. The predicted octanol–water partition coefficient (Wildman–Crippen LogP) is 3.64. The highest BCUT2D eigenvalue weighted by atomic mass is 32.2. The lowest BCUT2D eigenvalue weighted by molar-refractivity contribution is -0.139. The Bertz CT molecular complexity index is 1330. The number of halogens is 1. The first kappa shape index (κ1) is 27.3. The first-order valence-corrected chi connectivity index (χ1v) is 12.6. The molecule has 2 aromatic carbocycles. The summed E-state index contributed by atoms with van der Waals surface area (Å²) in [4.78, 5) is 10.8. The second-order valence-corrected chi connectivity index (χ2v) is 10.3. The number of ether oxygens (including phenoxy) is 1. The topological polar surface area (TPSA) is 126 Å². The molecule has 0 radical (unpaired) electrons. The van der Waals surface area contributed by atoms with Gasteiger partial charge in [-0.1, -0.05) is 17.7 Å². The number of nitrogens with zero attached hydrogens (tertiary/aromatic N) is 1. The van der Waals surface area contributed by atoms with E-state index >= 15 is 0 Å². The van der Waals surface area contributed by atoms with Gasteiger partial charge in [-0.3, -0.25) is 4.79 Å². The number of aromatic nitrogens is 1. The van der Waals surface area contributed by atoms with E-state index < -0.39 is 40.3 Å². The number of sulfone groups is 1. The number of carboxylic acid groups (broad SMARTS) is 1. The van der Waals surface area contributed by atoms with Crippen LogP contribution in [-0.2, 0) is 26.0 Å². The first-order chi connectivity index (χ1) is 17.0. The molecular weight excluding hydrogens is 489 g/mol. The summed E-state index contributed by atoms with van der Waals surface area (Å²) in [7, 11) is -2.56. The maximum absolute atomic E-state index is 13.7. The van der Waals surface area contributed by atoms with E-state index in [9.17, 15) is 27.8 Å². The van der Waals surface area contributed by atoms with E-state index in [1.54, 1.807) is 12.1 Å². The van der Waals surface area contributed by atoms with Gasteiger partial charge in [0, 0.05) is 31.0 Å². The smallest absolute Gasteiger partial charge is 0.305 e. The van der Waals surface area contributed by atoms with E-state index in [2.05, 4.69) is 0 Å². The zero-order chi connectivity index (χ0) is 26.5. The SMILES string of the molecule is COCc1cc(S(=O)(=O)c2ccc(C)cc2)c(-c2ccc(F)cc2)n1/C=C/[C@@H](O)C[C@@H](O)CC(=O)O. The van der Waals surface area contributed by atoms with Crippen LogP contribution < -0.4 is 0 Å². The molecule has 3 rings (SSSR count). The van der Waals surface area contributed by atoms with E-state index in [-0.39, 0.29) is 28.5 Å². The van der Waals surface area contributed by atoms with Crippen LogP contribution in [0.25, 0.3) is 17.5 Å². The maximum atomic E-state index is 13.7. The van der Waals surface area contributed by atoms with Crippen molar-refractivity contribution in [3.05, 3.63) is 77.7 Å². The summed E-state index contributed by atoms with van der Waals surface area (Å²) in [6.45, 7) is 1.87. The summed E-state index contributed by atoms with van der Waals surface area (Å²) in [6.07, 6.45) is -0.485. The molecular formula is C26H28FNO7S. The second-order valence-electron chi connectivity index (χ2n) is 8.37. The zero-order valence-electron chi connectivity index (χ0n) is 19.8. The molecule has 1 heterocycles. The molecule has 192 valence electrons. The molecule has 0 unspecified atom stereocenters. The van der Waals surface area contributed by atoms with Crippen molar-refractivity contribution < 1.29 is 37.7 Å². The molecule has 36 heavy (non-hydrogen) atoms. The summed E-state index contributed by atoms with van der Waals surface area (Å²) >= 11 is 0. The number of hydrogen-bond acceptors (Lipinski definition) is 6. The Morgan fingerprint density at radius 1 is 1.11 bits per heavy atom. The highest BCUT2D eigenvalue weighted by Crippen LogP contribution is 2.35. The van der Waals surface area contributed by atoms with Crippen LogP contribution in [0.1, 0.15) is 24.1 Å². The number of carbonyl (C=O) groups is 1. The minimum atomic E-state index is -4.01. The third kappa shape index (κ3) is 6.46. The highest BCUT2D eigenvalue weighted by molar-refractivity contribution is 7.91. The maximum Gasteiger partial charge on any atom is 0.305 e. The Labute approximate surface area is 208 Å². The van der Waals surface area contributed by atoms with Crippen molar-refractivity contribution in [2.45, 2.75) is 48.4 Å². The standard InChI is InChI=1S/C26H28FNO7S/c1-17-3-9-23(10-4-17)36(33,34)24-13-20(16-35-2)28(26(24)18-5-7-19(27)8-6-18)12-11-21(29)14-22(30)15-25(31)32/h3-13,21-22,29-30H,14-16H2,1-2H3,(H,31,32)/b12-11+/t21-,22-/m1/s1.